The fourth-order valence-electron chi connectivity index (χ4n) is 2.50. The van der Waals surface area contributed by atoms with E-state index in [0.29, 0.717) is 0 Å². The van der Waals surface area contributed by atoms with Crippen LogP contribution in [-0.2, 0) is 9.59 Å². The fourth-order valence-corrected chi connectivity index (χ4v) is 2.50. The Morgan fingerprint density at radius 2 is 2.05 bits per heavy atom. The van der Waals surface area contributed by atoms with Gasteiger partial charge in [-0.2, -0.15) is 0 Å². The molecule has 0 aromatic rings. The van der Waals surface area contributed by atoms with Crippen LogP contribution in [0.15, 0.2) is 0 Å². The zero-order chi connectivity index (χ0) is 15.3. The molecule has 5 N–H and O–H groups in total. The highest BCUT2D eigenvalue weighted by atomic mass is 16.4. The van der Waals surface area contributed by atoms with Crippen LogP contribution in [0, 0.1) is 5.41 Å². The number of carbonyl (C=O) groups excluding carboxylic acids is 2. The predicted molar refractivity (Wildman–Crippen MR) is 72.9 cm³/mol. The summed E-state index contributed by atoms with van der Waals surface area (Å²) in [5.74, 6) is -1.76. The number of urea groups is 1. The monoisotopic (exact) mass is 285 g/mol. The molecule has 0 aromatic carbocycles. The molecule has 1 aliphatic carbocycles. The van der Waals surface area contributed by atoms with E-state index >= 15 is 0 Å². The maximum atomic E-state index is 11.8. The quantitative estimate of drug-likeness (QED) is 0.570. The van der Waals surface area contributed by atoms with Crippen LogP contribution in [0.2, 0.25) is 0 Å². The lowest BCUT2D eigenvalue weighted by atomic mass is 9.87. The number of aliphatic carboxylic acids is 1. The molecule has 1 saturated carbocycles. The first-order chi connectivity index (χ1) is 9.22. The SMILES string of the molecule is CC1(C)CCCC1NC(=O)N[C@H](CCC(N)=O)C(=O)O. The van der Waals surface area contributed by atoms with Crippen LogP contribution in [0.3, 0.4) is 0 Å². The van der Waals surface area contributed by atoms with Gasteiger partial charge in [-0.3, -0.25) is 4.79 Å². The third-order valence-electron chi connectivity index (χ3n) is 3.85. The Kier molecular flexibility index (Phi) is 5.35. The molecule has 3 amide bonds. The summed E-state index contributed by atoms with van der Waals surface area (Å²) in [6.45, 7) is 4.15. The number of nitrogens with one attached hydrogen (secondary N) is 2. The number of rotatable bonds is 6. The molecule has 0 spiro atoms. The molecule has 0 aliphatic heterocycles. The number of amides is 3. The lowest BCUT2D eigenvalue weighted by Gasteiger charge is -2.28. The van der Waals surface area contributed by atoms with Gasteiger partial charge < -0.3 is 21.5 Å². The van der Waals surface area contributed by atoms with Crippen LogP contribution in [0.4, 0.5) is 4.79 Å². The molecule has 0 radical (unpaired) electrons. The van der Waals surface area contributed by atoms with Gasteiger partial charge in [0, 0.05) is 12.5 Å². The van der Waals surface area contributed by atoms with Crippen molar-refractivity contribution in [2.24, 2.45) is 11.1 Å². The molecule has 2 atom stereocenters. The molecule has 7 heteroatoms. The van der Waals surface area contributed by atoms with E-state index in [-0.39, 0.29) is 24.3 Å². The maximum Gasteiger partial charge on any atom is 0.326 e. The number of carboxylic acid groups (broad SMARTS) is 1. The zero-order valence-electron chi connectivity index (χ0n) is 11.9. The van der Waals surface area contributed by atoms with Crippen molar-refractivity contribution in [1.29, 1.82) is 0 Å². The van der Waals surface area contributed by atoms with Gasteiger partial charge in [0.25, 0.3) is 0 Å². The van der Waals surface area contributed by atoms with Gasteiger partial charge in [-0.05, 0) is 24.7 Å². The standard InChI is InChI=1S/C13H23N3O4/c1-13(2)7-3-4-9(13)16-12(20)15-8(11(18)19)5-6-10(14)17/h8-9H,3-7H2,1-2H3,(H2,14,17)(H,18,19)(H2,15,16,20)/t8-,9?/m1/s1. The second kappa shape index (κ2) is 6.58. The number of nitrogens with two attached hydrogens (primary N) is 1. The molecular weight excluding hydrogens is 262 g/mol. The molecule has 7 nitrogen and oxygen atoms in total. The number of carboxylic acids is 1. The summed E-state index contributed by atoms with van der Waals surface area (Å²) >= 11 is 0. The van der Waals surface area contributed by atoms with Crippen LogP contribution in [0.25, 0.3) is 0 Å². The third kappa shape index (κ3) is 4.71. The van der Waals surface area contributed by atoms with Crippen molar-refractivity contribution in [2.45, 2.75) is 58.0 Å². The van der Waals surface area contributed by atoms with E-state index < -0.39 is 23.9 Å². The normalized spacial score (nSPS) is 22.0. The summed E-state index contributed by atoms with van der Waals surface area (Å²) in [4.78, 5) is 33.5. The van der Waals surface area contributed by atoms with Crippen molar-refractivity contribution in [1.82, 2.24) is 10.6 Å². The predicted octanol–water partition coefficient (Wildman–Crippen LogP) is 0.583. The molecule has 0 bridgehead atoms. The molecule has 0 saturated heterocycles. The van der Waals surface area contributed by atoms with E-state index in [4.69, 9.17) is 10.8 Å². The topological polar surface area (TPSA) is 122 Å². The Hall–Kier alpha value is -1.79. The summed E-state index contributed by atoms with van der Waals surface area (Å²) in [6, 6.07) is -1.58. The first kappa shape index (κ1) is 16.3. The Labute approximate surface area is 118 Å². The van der Waals surface area contributed by atoms with E-state index in [1.54, 1.807) is 0 Å². The lowest BCUT2D eigenvalue weighted by Crippen LogP contribution is -2.51. The van der Waals surface area contributed by atoms with Gasteiger partial charge in [0.1, 0.15) is 6.04 Å². The van der Waals surface area contributed by atoms with Gasteiger partial charge in [0.05, 0.1) is 0 Å². The molecule has 0 heterocycles. The molecule has 1 aliphatic rings. The van der Waals surface area contributed by atoms with Crippen LogP contribution in [-0.4, -0.2) is 35.1 Å². The molecule has 1 rings (SSSR count). The van der Waals surface area contributed by atoms with Crippen LogP contribution in [0.1, 0.15) is 46.0 Å². The van der Waals surface area contributed by atoms with E-state index in [2.05, 4.69) is 24.5 Å². The van der Waals surface area contributed by atoms with Crippen molar-refractivity contribution < 1.29 is 19.5 Å². The molecular formula is C13H23N3O4. The highest BCUT2D eigenvalue weighted by Crippen LogP contribution is 2.37. The van der Waals surface area contributed by atoms with Gasteiger partial charge in [-0.15, -0.1) is 0 Å². The minimum Gasteiger partial charge on any atom is -0.480 e. The number of hydrogen-bond acceptors (Lipinski definition) is 3. The van der Waals surface area contributed by atoms with Crippen molar-refractivity contribution in [3.63, 3.8) is 0 Å². The fraction of sp³-hybridized carbons (Fsp3) is 0.769. The van der Waals surface area contributed by atoms with E-state index in [1.807, 2.05) is 0 Å². The molecule has 0 aromatic heterocycles. The van der Waals surface area contributed by atoms with E-state index in [1.165, 1.54) is 0 Å². The van der Waals surface area contributed by atoms with E-state index in [9.17, 15) is 14.4 Å². The first-order valence-electron chi connectivity index (χ1n) is 6.80. The zero-order valence-corrected chi connectivity index (χ0v) is 11.9. The second-order valence-electron chi connectivity index (χ2n) is 5.95. The van der Waals surface area contributed by atoms with Crippen LogP contribution >= 0.6 is 0 Å². The Morgan fingerprint density at radius 1 is 1.40 bits per heavy atom. The minimum absolute atomic E-state index is 0.00779. The smallest absolute Gasteiger partial charge is 0.326 e. The van der Waals surface area contributed by atoms with Gasteiger partial charge in [0.15, 0.2) is 0 Å². The number of carbonyl (C=O) groups is 3. The van der Waals surface area contributed by atoms with Gasteiger partial charge in [-0.25, -0.2) is 9.59 Å². The first-order valence-corrected chi connectivity index (χ1v) is 6.80. The van der Waals surface area contributed by atoms with Crippen molar-refractivity contribution in [3.8, 4) is 0 Å². The Morgan fingerprint density at radius 3 is 2.50 bits per heavy atom. The minimum atomic E-state index is -1.17. The van der Waals surface area contributed by atoms with Gasteiger partial charge >= 0.3 is 12.0 Å². The highest BCUT2D eigenvalue weighted by molar-refractivity contribution is 5.83. The van der Waals surface area contributed by atoms with E-state index in [0.717, 1.165) is 19.3 Å². The summed E-state index contributed by atoms with van der Waals surface area (Å²) in [7, 11) is 0. The molecule has 114 valence electrons. The summed E-state index contributed by atoms with van der Waals surface area (Å²) < 4.78 is 0. The highest BCUT2D eigenvalue weighted by Gasteiger charge is 2.35. The number of hydrogen-bond donors (Lipinski definition) is 4. The molecule has 1 unspecified atom stereocenters. The average molecular weight is 285 g/mol. The third-order valence-corrected chi connectivity index (χ3v) is 3.85. The Bertz CT molecular complexity index is 395. The largest absolute Gasteiger partial charge is 0.480 e. The van der Waals surface area contributed by atoms with Crippen molar-refractivity contribution in [2.75, 3.05) is 0 Å². The lowest BCUT2D eigenvalue weighted by molar-refractivity contribution is -0.139. The summed E-state index contributed by atoms with van der Waals surface area (Å²) in [6.07, 6.45) is 2.88. The Balaban J connectivity index is 2.49. The van der Waals surface area contributed by atoms with Crippen LogP contribution < -0.4 is 16.4 Å². The average Bonchev–Trinajstić information content (AvgIpc) is 2.63. The molecule has 20 heavy (non-hydrogen) atoms. The second-order valence-corrected chi connectivity index (χ2v) is 5.95. The van der Waals surface area contributed by atoms with Crippen molar-refractivity contribution >= 4 is 17.9 Å². The van der Waals surface area contributed by atoms with Crippen molar-refractivity contribution in [3.05, 3.63) is 0 Å². The number of primary amides is 1. The molecule has 1 fully saturated rings. The van der Waals surface area contributed by atoms with Gasteiger partial charge in [0.2, 0.25) is 5.91 Å². The summed E-state index contributed by atoms with van der Waals surface area (Å²) in [5, 5.41) is 14.2. The van der Waals surface area contributed by atoms with Gasteiger partial charge in [-0.1, -0.05) is 20.3 Å². The summed E-state index contributed by atoms with van der Waals surface area (Å²) in [5.41, 5.74) is 5.00. The maximum absolute atomic E-state index is 11.8. The van der Waals surface area contributed by atoms with Crippen LogP contribution in [0.5, 0.6) is 0 Å².